The van der Waals surface area contributed by atoms with Gasteiger partial charge in [0.1, 0.15) is 9.61 Å². The molecule has 1 saturated heterocycles. The number of thioether (sulfide) groups is 1. The first kappa shape index (κ1) is 26.6. The van der Waals surface area contributed by atoms with E-state index in [4.69, 9.17) is 4.74 Å². The zero-order chi connectivity index (χ0) is 27.1. The van der Waals surface area contributed by atoms with Gasteiger partial charge in [0.15, 0.2) is 0 Å². The molecular weight excluding hydrogens is 532 g/mol. The quantitative estimate of drug-likeness (QED) is 0.383. The summed E-state index contributed by atoms with van der Waals surface area (Å²) in [7, 11) is -0.478. The molecule has 0 aromatic carbocycles. The molecule has 3 aliphatic rings. The second-order valence-electron chi connectivity index (χ2n) is 9.88. The van der Waals surface area contributed by atoms with E-state index in [1.807, 2.05) is 6.92 Å². The SMILES string of the molecule is COCCNc1ncc(CN2C(=O)N(Cc3cnn(C)c3)C(=O)C3C=C(S(=O)(=O)NC4(C)CC4)SC32)cn1. The molecule has 13 nitrogen and oxygen atoms in total. The summed E-state index contributed by atoms with van der Waals surface area (Å²) in [6.45, 7) is 3.03. The van der Waals surface area contributed by atoms with Gasteiger partial charge in [-0.15, -0.1) is 0 Å². The first-order chi connectivity index (χ1) is 18.1. The lowest BCUT2D eigenvalue weighted by atomic mass is 10.0. The molecule has 2 N–H and O–H groups in total. The fourth-order valence-corrected chi connectivity index (χ4v) is 7.60. The number of ether oxygens (including phenoxy) is 1. The Kier molecular flexibility index (Phi) is 7.19. The van der Waals surface area contributed by atoms with E-state index < -0.39 is 38.8 Å². The van der Waals surface area contributed by atoms with E-state index in [9.17, 15) is 18.0 Å². The minimum Gasteiger partial charge on any atom is -0.383 e. The molecule has 3 amide bonds. The van der Waals surface area contributed by atoms with Gasteiger partial charge in [-0.05, 0) is 25.8 Å². The molecule has 204 valence electrons. The molecule has 2 atom stereocenters. The number of aromatic nitrogens is 4. The Morgan fingerprint density at radius 3 is 2.53 bits per heavy atom. The Bertz CT molecular complexity index is 1360. The summed E-state index contributed by atoms with van der Waals surface area (Å²) >= 11 is 1.02. The van der Waals surface area contributed by atoms with Gasteiger partial charge >= 0.3 is 6.03 Å². The lowest BCUT2D eigenvalue weighted by Gasteiger charge is -2.41. The standard InChI is InChI=1S/C23H30N8O5S2/c1-23(4-5-23)28-38(34,35)18-8-17-19(32)30(14-16-11-27-29(2)12-16)22(33)31(20(17)37-18)13-15-9-25-21(26-10-15)24-6-7-36-3/h8-12,17,20,28H,4-7,13-14H2,1-3H3,(H,24,25,26). The zero-order valence-electron chi connectivity index (χ0n) is 21.3. The summed E-state index contributed by atoms with van der Waals surface area (Å²) in [6.07, 6.45) is 9.52. The Labute approximate surface area is 225 Å². The molecule has 2 aliphatic heterocycles. The fraction of sp³-hybridized carbons (Fsp3) is 0.522. The van der Waals surface area contributed by atoms with Gasteiger partial charge in [-0.2, -0.15) is 5.10 Å². The van der Waals surface area contributed by atoms with E-state index in [0.29, 0.717) is 30.2 Å². The van der Waals surface area contributed by atoms with E-state index >= 15 is 0 Å². The number of anilines is 1. The van der Waals surface area contributed by atoms with Crippen molar-refractivity contribution < 1.29 is 22.7 Å². The van der Waals surface area contributed by atoms with Crippen molar-refractivity contribution in [3.63, 3.8) is 0 Å². The predicted octanol–water partition coefficient (Wildman–Crippen LogP) is 1.24. The highest BCUT2D eigenvalue weighted by Gasteiger charge is 2.52. The van der Waals surface area contributed by atoms with Crippen molar-refractivity contribution >= 4 is 39.7 Å². The normalized spacial score (nSPS) is 22.4. The van der Waals surface area contributed by atoms with E-state index in [1.165, 1.54) is 11.0 Å². The average molecular weight is 563 g/mol. The van der Waals surface area contributed by atoms with Crippen LogP contribution in [0.4, 0.5) is 10.7 Å². The number of urea groups is 1. The Morgan fingerprint density at radius 2 is 1.89 bits per heavy atom. The van der Waals surface area contributed by atoms with Gasteiger partial charge in [0, 0.05) is 56.0 Å². The van der Waals surface area contributed by atoms with Gasteiger partial charge < -0.3 is 15.0 Å². The smallest absolute Gasteiger partial charge is 0.328 e. The van der Waals surface area contributed by atoms with Gasteiger partial charge in [-0.1, -0.05) is 11.8 Å². The van der Waals surface area contributed by atoms with E-state index in [1.54, 1.807) is 43.6 Å². The van der Waals surface area contributed by atoms with Gasteiger partial charge in [-0.3, -0.25) is 14.4 Å². The number of imide groups is 1. The third-order valence-electron chi connectivity index (χ3n) is 6.59. The van der Waals surface area contributed by atoms with Crippen LogP contribution in [0.25, 0.3) is 0 Å². The van der Waals surface area contributed by atoms with Gasteiger partial charge in [0.25, 0.3) is 0 Å². The summed E-state index contributed by atoms with van der Waals surface area (Å²) in [4.78, 5) is 38.4. The Balaban J connectivity index is 1.40. The van der Waals surface area contributed by atoms with Crippen molar-refractivity contribution in [2.24, 2.45) is 13.0 Å². The molecule has 38 heavy (non-hydrogen) atoms. The van der Waals surface area contributed by atoms with Crippen molar-refractivity contribution in [2.75, 3.05) is 25.6 Å². The van der Waals surface area contributed by atoms with Crippen LogP contribution >= 0.6 is 11.8 Å². The maximum Gasteiger partial charge on any atom is 0.328 e. The lowest BCUT2D eigenvalue weighted by Crippen LogP contribution is -2.58. The first-order valence-electron chi connectivity index (χ1n) is 12.1. The maximum absolute atomic E-state index is 13.7. The van der Waals surface area contributed by atoms with E-state index in [-0.39, 0.29) is 17.3 Å². The van der Waals surface area contributed by atoms with Gasteiger partial charge in [0.05, 0.1) is 31.8 Å². The molecule has 4 heterocycles. The topological polar surface area (TPSA) is 152 Å². The van der Waals surface area contributed by atoms with Crippen LogP contribution in [0.3, 0.4) is 0 Å². The summed E-state index contributed by atoms with van der Waals surface area (Å²) in [5.74, 6) is -0.833. The number of carbonyl (C=O) groups is 2. The fourth-order valence-electron chi connectivity index (χ4n) is 4.30. The van der Waals surface area contributed by atoms with Gasteiger partial charge in [0.2, 0.25) is 21.9 Å². The summed E-state index contributed by atoms with van der Waals surface area (Å²) in [5.41, 5.74) is 0.870. The molecule has 1 aliphatic carbocycles. The van der Waals surface area contributed by atoms with Crippen molar-refractivity contribution in [1.29, 1.82) is 0 Å². The highest BCUT2D eigenvalue weighted by molar-refractivity contribution is 8.18. The van der Waals surface area contributed by atoms with Crippen LogP contribution in [0.1, 0.15) is 30.9 Å². The van der Waals surface area contributed by atoms with E-state index in [0.717, 1.165) is 29.5 Å². The summed E-state index contributed by atoms with van der Waals surface area (Å²) < 4.78 is 35.7. The Morgan fingerprint density at radius 1 is 1.16 bits per heavy atom. The number of carbonyl (C=O) groups excluding carboxylic acids is 2. The molecule has 5 rings (SSSR count). The molecular formula is C23H30N8O5S2. The van der Waals surface area contributed by atoms with Crippen LogP contribution in [0.5, 0.6) is 0 Å². The molecule has 2 aromatic heterocycles. The molecule has 0 spiro atoms. The zero-order valence-corrected chi connectivity index (χ0v) is 23.0. The number of methoxy groups -OCH3 is 1. The molecule has 2 aromatic rings. The summed E-state index contributed by atoms with van der Waals surface area (Å²) in [5, 5.41) is 6.45. The molecule has 1 saturated carbocycles. The highest BCUT2D eigenvalue weighted by Crippen LogP contribution is 2.46. The van der Waals surface area contributed by atoms with Crippen LogP contribution in [0.15, 0.2) is 35.1 Å². The molecule has 0 bridgehead atoms. The number of amides is 3. The number of nitrogens with zero attached hydrogens (tertiary/aromatic N) is 6. The highest BCUT2D eigenvalue weighted by atomic mass is 32.3. The third-order valence-corrected chi connectivity index (χ3v) is 10.1. The van der Waals surface area contributed by atoms with Crippen LogP contribution in [0.2, 0.25) is 0 Å². The van der Waals surface area contributed by atoms with Crippen LogP contribution in [-0.2, 0) is 39.7 Å². The minimum absolute atomic E-state index is 0.0288. The predicted molar refractivity (Wildman–Crippen MR) is 140 cm³/mol. The lowest BCUT2D eigenvalue weighted by molar-refractivity contribution is -0.135. The minimum atomic E-state index is -3.83. The van der Waals surface area contributed by atoms with Crippen molar-refractivity contribution in [3.05, 3.63) is 46.2 Å². The monoisotopic (exact) mass is 562 g/mol. The Hall–Kier alpha value is -3.01. The molecule has 15 heteroatoms. The maximum atomic E-state index is 13.7. The second-order valence-corrected chi connectivity index (χ2v) is 12.9. The number of hydrogen-bond acceptors (Lipinski definition) is 10. The number of aryl methyl sites for hydroxylation is 1. The number of sulfonamides is 1. The largest absolute Gasteiger partial charge is 0.383 e. The van der Waals surface area contributed by atoms with Crippen LogP contribution < -0.4 is 10.0 Å². The molecule has 2 fully saturated rings. The van der Waals surface area contributed by atoms with Gasteiger partial charge in [-0.25, -0.2) is 27.9 Å². The second kappa shape index (κ2) is 10.3. The van der Waals surface area contributed by atoms with Crippen LogP contribution in [-0.4, -0.2) is 81.1 Å². The van der Waals surface area contributed by atoms with Crippen molar-refractivity contribution in [1.82, 2.24) is 34.3 Å². The molecule has 0 radical (unpaired) electrons. The number of hydrogen-bond donors (Lipinski definition) is 2. The average Bonchev–Trinajstić information content (AvgIpc) is 3.24. The van der Waals surface area contributed by atoms with Crippen molar-refractivity contribution in [3.8, 4) is 0 Å². The number of fused-ring (bicyclic) bond motifs is 1. The number of rotatable bonds is 11. The van der Waals surface area contributed by atoms with Crippen molar-refractivity contribution in [2.45, 2.75) is 43.8 Å². The molecule has 2 unspecified atom stereocenters. The third kappa shape index (κ3) is 5.55. The van der Waals surface area contributed by atoms with E-state index in [2.05, 4.69) is 25.1 Å². The first-order valence-corrected chi connectivity index (χ1v) is 14.5. The number of nitrogens with one attached hydrogen (secondary N) is 2. The van der Waals surface area contributed by atoms with Crippen LogP contribution in [0, 0.1) is 5.92 Å². The summed E-state index contributed by atoms with van der Waals surface area (Å²) in [6, 6.07) is -0.510.